The van der Waals surface area contributed by atoms with Crippen molar-refractivity contribution in [3.63, 3.8) is 0 Å². The minimum absolute atomic E-state index is 0.673. The lowest BCUT2D eigenvalue weighted by molar-refractivity contribution is 0.340. The maximum Gasteiger partial charge on any atom is 0.214 e. The van der Waals surface area contributed by atoms with Crippen molar-refractivity contribution in [2.24, 2.45) is 7.05 Å². The highest BCUT2D eigenvalue weighted by Gasteiger charge is 2.12. The van der Waals surface area contributed by atoms with E-state index in [9.17, 15) is 0 Å². The van der Waals surface area contributed by atoms with Gasteiger partial charge in [0, 0.05) is 25.0 Å². The maximum atomic E-state index is 5.55. The molecule has 0 N–H and O–H groups in total. The second kappa shape index (κ2) is 7.56. The van der Waals surface area contributed by atoms with Crippen LogP contribution in [0, 0.1) is 0 Å². The number of rotatable bonds is 5. The number of benzene rings is 3. The van der Waals surface area contributed by atoms with Gasteiger partial charge in [0.2, 0.25) is 5.78 Å². The zero-order valence-electron chi connectivity index (χ0n) is 17.1. The van der Waals surface area contributed by atoms with E-state index < -0.39 is 0 Å². The van der Waals surface area contributed by atoms with E-state index in [0.717, 1.165) is 34.0 Å². The van der Waals surface area contributed by atoms with Crippen LogP contribution in [0.15, 0.2) is 91.3 Å². The molecule has 5 rings (SSSR count). The Bertz CT molecular complexity index is 1280. The number of fused-ring (bicyclic) bond motifs is 1. The SMILES string of the molecule is CCOc1ccc(-c2cn3cc(-c4ccc(-c5ccccc5)cc4)nc3n2C)cc1. The van der Waals surface area contributed by atoms with Gasteiger partial charge in [0.05, 0.1) is 18.0 Å². The highest BCUT2D eigenvalue weighted by Crippen LogP contribution is 2.28. The van der Waals surface area contributed by atoms with Crippen molar-refractivity contribution in [1.29, 1.82) is 0 Å². The van der Waals surface area contributed by atoms with Crippen LogP contribution in [0.25, 0.3) is 39.4 Å². The first-order chi connectivity index (χ1) is 14.7. The number of aromatic nitrogens is 3. The first kappa shape index (κ1) is 18.3. The fraction of sp³-hybridized carbons (Fsp3) is 0.115. The Kier molecular flexibility index (Phi) is 4.60. The lowest BCUT2D eigenvalue weighted by Crippen LogP contribution is -1.94. The number of nitrogens with zero attached hydrogens (tertiary/aromatic N) is 3. The molecule has 0 atom stereocenters. The molecule has 30 heavy (non-hydrogen) atoms. The standard InChI is InChI=1S/C26H23N3O/c1-3-30-23-15-13-22(14-16-23)25-18-29-17-24(27-26(29)28(25)2)21-11-9-20(10-12-21)19-7-5-4-6-8-19/h4-18H,3H2,1-2H3. The number of imidazole rings is 2. The zero-order valence-corrected chi connectivity index (χ0v) is 17.1. The van der Waals surface area contributed by atoms with E-state index in [1.54, 1.807) is 0 Å². The predicted molar refractivity (Wildman–Crippen MR) is 122 cm³/mol. The zero-order chi connectivity index (χ0) is 20.5. The topological polar surface area (TPSA) is 31.5 Å². The molecule has 3 aromatic carbocycles. The van der Waals surface area contributed by atoms with Gasteiger partial charge < -0.3 is 9.30 Å². The van der Waals surface area contributed by atoms with E-state index >= 15 is 0 Å². The Morgan fingerprint density at radius 1 is 0.733 bits per heavy atom. The van der Waals surface area contributed by atoms with Crippen LogP contribution in [0.2, 0.25) is 0 Å². The molecule has 0 aliphatic rings. The fourth-order valence-electron chi connectivity index (χ4n) is 3.81. The van der Waals surface area contributed by atoms with Crippen molar-refractivity contribution in [3.05, 3.63) is 91.3 Å². The number of ether oxygens (including phenoxy) is 1. The van der Waals surface area contributed by atoms with Crippen LogP contribution in [-0.4, -0.2) is 20.6 Å². The Hall–Kier alpha value is -3.79. The Morgan fingerprint density at radius 3 is 2.03 bits per heavy atom. The summed E-state index contributed by atoms with van der Waals surface area (Å²) in [6, 6.07) is 27.2. The van der Waals surface area contributed by atoms with Crippen molar-refractivity contribution in [2.45, 2.75) is 6.92 Å². The second-order valence-electron chi connectivity index (χ2n) is 7.31. The summed E-state index contributed by atoms with van der Waals surface area (Å²) < 4.78 is 9.76. The molecule has 2 aromatic heterocycles. The second-order valence-corrected chi connectivity index (χ2v) is 7.31. The fourth-order valence-corrected chi connectivity index (χ4v) is 3.81. The van der Waals surface area contributed by atoms with Gasteiger partial charge in [-0.25, -0.2) is 4.98 Å². The lowest BCUT2D eigenvalue weighted by atomic mass is 10.0. The van der Waals surface area contributed by atoms with Crippen molar-refractivity contribution >= 4 is 5.78 Å². The van der Waals surface area contributed by atoms with Crippen LogP contribution in [0.1, 0.15) is 6.92 Å². The monoisotopic (exact) mass is 393 g/mol. The average Bonchev–Trinajstić information content (AvgIpc) is 3.35. The normalized spacial score (nSPS) is 11.1. The van der Waals surface area contributed by atoms with Gasteiger partial charge in [-0.15, -0.1) is 0 Å². The molecule has 4 nitrogen and oxygen atoms in total. The summed E-state index contributed by atoms with van der Waals surface area (Å²) in [6.07, 6.45) is 4.21. The maximum absolute atomic E-state index is 5.55. The van der Waals surface area contributed by atoms with Crippen molar-refractivity contribution in [3.8, 4) is 39.4 Å². The van der Waals surface area contributed by atoms with Crippen molar-refractivity contribution < 1.29 is 4.74 Å². The van der Waals surface area contributed by atoms with Crippen LogP contribution in [-0.2, 0) is 7.05 Å². The Labute approximate surface area is 176 Å². The summed E-state index contributed by atoms with van der Waals surface area (Å²) in [4.78, 5) is 4.88. The van der Waals surface area contributed by atoms with Gasteiger partial charge in [0.1, 0.15) is 5.75 Å². The molecular formula is C26H23N3O. The molecule has 0 spiro atoms. The third kappa shape index (κ3) is 3.26. The molecule has 0 aliphatic carbocycles. The molecule has 0 saturated heterocycles. The number of hydrogen-bond donors (Lipinski definition) is 0. The molecule has 0 unspecified atom stereocenters. The van der Waals surface area contributed by atoms with Gasteiger partial charge in [-0.3, -0.25) is 4.40 Å². The quantitative estimate of drug-likeness (QED) is 0.363. The molecule has 0 aliphatic heterocycles. The molecule has 0 radical (unpaired) electrons. The molecule has 4 heteroatoms. The van der Waals surface area contributed by atoms with Gasteiger partial charge in [0.25, 0.3) is 0 Å². The van der Waals surface area contributed by atoms with Crippen molar-refractivity contribution in [2.75, 3.05) is 6.61 Å². The highest BCUT2D eigenvalue weighted by molar-refractivity contribution is 5.71. The molecule has 148 valence electrons. The predicted octanol–water partition coefficient (Wildman–Crippen LogP) is 6.07. The van der Waals surface area contributed by atoms with Gasteiger partial charge >= 0.3 is 0 Å². The van der Waals surface area contributed by atoms with E-state index in [-0.39, 0.29) is 0 Å². The summed E-state index contributed by atoms with van der Waals surface area (Å²) >= 11 is 0. The first-order valence-electron chi connectivity index (χ1n) is 10.2. The van der Waals surface area contributed by atoms with Crippen LogP contribution >= 0.6 is 0 Å². The Morgan fingerprint density at radius 2 is 1.37 bits per heavy atom. The van der Waals surface area contributed by atoms with Gasteiger partial charge in [0.15, 0.2) is 0 Å². The molecule has 2 heterocycles. The third-order valence-corrected chi connectivity index (χ3v) is 5.38. The largest absolute Gasteiger partial charge is 0.494 e. The first-order valence-corrected chi connectivity index (χ1v) is 10.2. The minimum atomic E-state index is 0.673. The summed E-state index contributed by atoms with van der Waals surface area (Å²) in [7, 11) is 2.05. The van der Waals surface area contributed by atoms with Crippen LogP contribution in [0.4, 0.5) is 0 Å². The van der Waals surface area contributed by atoms with E-state index in [4.69, 9.17) is 9.72 Å². The molecule has 0 saturated carbocycles. The lowest BCUT2D eigenvalue weighted by Gasteiger charge is -2.06. The van der Waals surface area contributed by atoms with E-state index in [1.165, 1.54) is 11.1 Å². The molecule has 5 aromatic rings. The van der Waals surface area contributed by atoms with Gasteiger partial charge in [-0.2, -0.15) is 0 Å². The summed E-state index contributed by atoms with van der Waals surface area (Å²) in [6.45, 7) is 2.67. The average molecular weight is 393 g/mol. The van der Waals surface area contributed by atoms with Crippen LogP contribution in [0.3, 0.4) is 0 Å². The minimum Gasteiger partial charge on any atom is -0.494 e. The van der Waals surface area contributed by atoms with E-state index in [1.807, 2.05) is 25.1 Å². The summed E-state index contributed by atoms with van der Waals surface area (Å²) in [5.74, 6) is 1.81. The van der Waals surface area contributed by atoms with Gasteiger partial charge in [-0.1, -0.05) is 54.6 Å². The van der Waals surface area contributed by atoms with E-state index in [0.29, 0.717) is 6.61 Å². The number of hydrogen-bond acceptors (Lipinski definition) is 2. The molecule has 0 amide bonds. The van der Waals surface area contributed by atoms with Crippen molar-refractivity contribution in [1.82, 2.24) is 14.0 Å². The number of aryl methyl sites for hydroxylation is 1. The van der Waals surface area contributed by atoms with Crippen LogP contribution < -0.4 is 4.74 Å². The highest BCUT2D eigenvalue weighted by atomic mass is 16.5. The Balaban J connectivity index is 1.45. The summed E-state index contributed by atoms with van der Waals surface area (Å²) in [5, 5.41) is 0. The molecule has 0 bridgehead atoms. The summed E-state index contributed by atoms with van der Waals surface area (Å²) in [5.41, 5.74) is 6.77. The smallest absolute Gasteiger partial charge is 0.214 e. The molecule has 0 fully saturated rings. The van der Waals surface area contributed by atoms with Gasteiger partial charge in [-0.05, 0) is 47.9 Å². The van der Waals surface area contributed by atoms with E-state index in [2.05, 4.69) is 89.1 Å². The molecular weight excluding hydrogens is 370 g/mol. The third-order valence-electron chi connectivity index (χ3n) is 5.38. The van der Waals surface area contributed by atoms with Crippen LogP contribution in [0.5, 0.6) is 5.75 Å².